The molecule has 0 aliphatic rings. The van der Waals surface area contributed by atoms with Gasteiger partial charge < -0.3 is 4.74 Å². The number of anilines is 1. The summed E-state index contributed by atoms with van der Waals surface area (Å²) in [5.41, 5.74) is -0.199. The van der Waals surface area contributed by atoms with Crippen LogP contribution in [0, 0.1) is 6.92 Å². The fourth-order valence-corrected chi connectivity index (χ4v) is 4.45. The summed E-state index contributed by atoms with van der Waals surface area (Å²) in [6.45, 7) is 4.86. The molecule has 10 heteroatoms. The molecule has 3 aromatic rings. The maximum absolute atomic E-state index is 13.3. The van der Waals surface area contributed by atoms with E-state index in [0.29, 0.717) is 0 Å². The van der Waals surface area contributed by atoms with Crippen LogP contribution in [-0.2, 0) is 25.7 Å². The van der Waals surface area contributed by atoms with E-state index in [1.165, 1.54) is 19.2 Å². The van der Waals surface area contributed by atoms with Crippen LogP contribution in [0.15, 0.2) is 66.2 Å². The quantitative estimate of drug-likeness (QED) is 0.413. The van der Waals surface area contributed by atoms with Crippen LogP contribution in [0.1, 0.15) is 11.1 Å². The predicted octanol–water partition coefficient (Wildman–Crippen LogP) is 4.33. The second kappa shape index (κ2) is 8.20. The van der Waals surface area contributed by atoms with E-state index in [4.69, 9.17) is 4.74 Å². The highest BCUT2D eigenvalue weighted by atomic mass is 32.2. The number of hydrogen-bond donors (Lipinski definition) is 0. The van der Waals surface area contributed by atoms with Gasteiger partial charge in [0.25, 0.3) is 15.9 Å². The first kappa shape index (κ1) is 22.6. The number of methoxy groups -OCH3 is 1. The Morgan fingerprint density at radius 1 is 1.19 bits per heavy atom. The molecule has 1 aromatic heterocycles. The van der Waals surface area contributed by atoms with Crippen molar-refractivity contribution in [3.63, 3.8) is 0 Å². The van der Waals surface area contributed by atoms with Gasteiger partial charge in [0.1, 0.15) is 6.73 Å². The number of fused-ring (bicyclic) bond motifs is 1. The third-order valence-electron chi connectivity index (χ3n) is 4.64. The zero-order chi connectivity index (χ0) is 23.0. The van der Waals surface area contributed by atoms with E-state index in [1.54, 1.807) is 19.1 Å². The van der Waals surface area contributed by atoms with E-state index < -0.39 is 27.7 Å². The highest BCUT2D eigenvalue weighted by Gasteiger charge is 2.33. The Bertz CT molecular complexity index is 1250. The van der Waals surface area contributed by atoms with Crippen molar-refractivity contribution in [1.29, 1.82) is 0 Å². The highest BCUT2D eigenvalue weighted by molar-refractivity contribution is 7.90. The number of halogens is 3. The fourth-order valence-electron chi connectivity index (χ4n) is 3.09. The average molecular weight is 452 g/mol. The van der Waals surface area contributed by atoms with Gasteiger partial charge >= 0.3 is 6.18 Å². The van der Waals surface area contributed by atoms with Crippen LogP contribution < -0.4 is 4.90 Å². The number of carbonyl (C=O) groups excluding carboxylic acids is 1. The van der Waals surface area contributed by atoms with Gasteiger partial charge in [-0.1, -0.05) is 24.3 Å². The second-order valence-corrected chi connectivity index (χ2v) is 8.56. The summed E-state index contributed by atoms with van der Waals surface area (Å²) >= 11 is 0. The summed E-state index contributed by atoms with van der Waals surface area (Å²) in [5.74, 6) is -0.661. The Kier molecular flexibility index (Phi) is 5.97. The first-order valence-corrected chi connectivity index (χ1v) is 10.4. The lowest BCUT2D eigenvalue weighted by atomic mass is 10.1. The van der Waals surface area contributed by atoms with Crippen LogP contribution in [0.4, 0.5) is 18.9 Å². The van der Waals surface area contributed by atoms with Crippen molar-refractivity contribution < 1.29 is 31.1 Å². The normalized spacial score (nSPS) is 12.2. The molecule has 0 bridgehead atoms. The van der Waals surface area contributed by atoms with Gasteiger partial charge in [-0.15, -0.1) is 0 Å². The van der Waals surface area contributed by atoms with E-state index in [0.717, 1.165) is 44.9 Å². The third-order valence-corrected chi connectivity index (χ3v) is 6.33. The summed E-state index contributed by atoms with van der Waals surface area (Å²) < 4.78 is 72.3. The lowest BCUT2D eigenvalue weighted by Gasteiger charge is -2.19. The molecule has 1 amide bonds. The van der Waals surface area contributed by atoms with Gasteiger partial charge in [0.15, 0.2) is 0 Å². The summed E-state index contributed by atoms with van der Waals surface area (Å²) in [6, 6.07) is 8.70. The molecule has 0 N–H and O–H groups in total. The minimum atomic E-state index is -4.65. The number of alkyl halides is 3. The summed E-state index contributed by atoms with van der Waals surface area (Å²) in [5, 5.41) is -0.0715. The molecule has 164 valence electrons. The smallest absolute Gasteiger partial charge is 0.364 e. The number of benzene rings is 2. The Hall–Kier alpha value is -3.11. The van der Waals surface area contributed by atoms with Gasteiger partial charge in [-0.2, -0.15) is 13.2 Å². The molecule has 0 aliphatic heterocycles. The van der Waals surface area contributed by atoms with Crippen LogP contribution in [0.3, 0.4) is 0 Å². The molecule has 0 aliphatic carbocycles. The molecule has 2 aromatic carbocycles. The van der Waals surface area contributed by atoms with Crippen LogP contribution in [0.5, 0.6) is 0 Å². The number of nitrogens with zero attached hydrogens (tertiary/aromatic N) is 2. The molecule has 31 heavy (non-hydrogen) atoms. The Labute approximate surface area is 177 Å². The van der Waals surface area contributed by atoms with Crippen LogP contribution >= 0.6 is 0 Å². The lowest BCUT2D eigenvalue weighted by Crippen LogP contribution is -2.31. The standard InChI is InChI=1S/C21H19F3N2O4S/c1-4-20(27)25(13-30-3)19-12-26(31(28,29)16-8-5-14(2)6-9-16)18-10-7-15(11-17(18)19)21(22,23)24/h4-12H,1,13H2,2-3H3. The van der Waals surface area contributed by atoms with Crippen molar-refractivity contribution in [2.75, 3.05) is 18.7 Å². The number of amides is 1. The van der Waals surface area contributed by atoms with Crippen molar-refractivity contribution in [2.45, 2.75) is 18.0 Å². The molecule has 0 radical (unpaired) electrons. The number of ether oxygens (including phenoxy) is 1. The monoisotopic (exact) mass is 452 g/mol. The van der Waals surface area contributed by atoms with Gasteiger partial charge in [0, 0.05) is 18.7 Å². The molecule has 0 saturated carbocycles. The van der Waals surface area contributed by atoms with E-state index in [9.17, 15) is 26.4 Å². The molecule has 1 heterocycles. The molecule has 6 nitrogen and oxygen atoms in total. The van der Waals surface area contributed by atoms with Crippen molar-refractivity contribution in [2.24, 2.45) is 0 Å². The second-order valence-electron chi connectivity index (χ2n) is 6.75. The first-order chi connectivity index (χ1) is 14.5. The summed E-state index contributed by atoms with van der Waals surface area (Å²) in [7, 11) is -2.86. The Balaban J connectivity index is 2.34. The van der Waals surface area contributed by atoms with Crippen LogP contribution in [0.2, 0.25) is 0 Å². The van der Waals surface area contributed by atoms with E-state index in [-0.39, 0.29) is 28.2 Å². The Morgan fingerprint density at radius 3 is 2.39 bits per heavy atom. The number of aromatic nitrogens is 1. The van der Waals surface area contributed by atoms with Gasteiger partial charge in [0.05, 0.1) is 21.7 Å². The van der Waals surface area contributed by atoms with Crippen molar-refractivity contribution >= 4 is 32.5 Å². The fraction of sp³-hybridized carbons (Fsp3) is 0.190. The van der Waals surface area contributed by atoms with Gasteiger partial charge in [-0.3, -0.25) is 9.69 Å². The SMILES string of the molecule is C=CC(=O)N(COC)c1cn(S(=O)(=O)c2ccc(C)cc2)c2ccc(C(F)(F)F)cc12. The van der Waals surface area contributed by atoms with Crippen molar-refractivity contribution in [3.8, 4) is 0 Å². The number of aryl methyl sites for hydroxylation is 1. The number of hydrogen-bond acceptors (Lipinski definition) is 4. The summed E-state index contributed by atoms with van der Waals surface area (Å²) in [4.78, 5) is 13.3. The molecular formula is C21H19F3N2O4S. The van der Waals surface area contributed by atoms with Crippen LogP contribution in [-0.4, -0.2) is 32.1 Å². The molecule has 0 atom stereocenters. The minimum absolute atomic E-state index is 0.0125. The Morgan fingerprint density at radius 2 is 1.84 bits per heavy atom. The van der Waals surface area contributed by atoms with Gasteiger partial charge in [0.2, 0.25) is 0 Å². The molecule has 0 fully saturated rings. The van der Waals surface area contributed by atoms with Gasteiger partial charge in [-0.05, 0) is 43.3 Å². The lowest BCUT2D eigenvalue weighted by molar-refractivity contribution is -0.137. The maximum Gasteiger partial charge on any atom is 0.416 e. The van der Waals surface area contributed by atoms with Gasteiger partial charge in [-0.25, -0.2) is 12.4 Å². The van der Waals surface area contributed by atoms with Crippen molar-refractivity contribution in [3.05, 3.63) is 72.4 Å². The molecule has 0 saturated heterocycles. The largest absolute Gasteiger partial charge is 0.416 e. The maximum atomic E-state index is 13.3. The van der Waals surface area contributed by atoms with E-state index >= 15 is 0 Å². The third kappa shape index (κ3) is 4.21. The molecular weight excluding hydrogens is 433 g/mol. The van der Waals surface area contributed by atoms with Crippen LogP contribution in [0.25, 0.3) is 10.9 Å². The first-order valence-electron chi connectivity index (χ1n) is 8.98. The van der Waals surface area contributed by atoms with Crippen molar-refractivity contribution in [1.82, 2.24) is 3.97 Å². The highest BCUT2D eigenvalue weighted by Crippen LogP contribution is 2.37. The minimum Gasteiger partial charge on any atom is -0.364 e. The average Bonchev–Trinajstić information content (AvgIpc) is 3.10. The molecule has 3 rings (SSSR count). The zero-order valence-corrected chi connectivity index (χ0v) is 17.5. The summed E-state index contributed by atoms with van der Waals surface area (Å²) in [6.07, 6.45) is -2.58. The predicted molar refractivity (Wildman–Crippen MR) is 110 cm³/mol. The topological polar surface area (TPSA) is 68.6 Å². The van der Waals surface area contributed by atoms with E-state index in [2.05, 4.69) is 6.58 Å². The molecule has 0 unspecified atom stereocenters. The zero-order valence-electron chi connectivity index (χ0n) is 16.7. The molecule has 0 spiro atoms. The number of rotatable bonds is 6. The van der Waals surface area contributed by atoms with E-state index in [1.807, 2.05) is 0 Å². The number of carbonyl (C=O) groups is 1.